The molecule has 1 saturated carbocycles. The quantitative estimate of drug-likeness (QED) is 0.570. The number of hydrogen-bond acceptors (Lipinski definition) is 0. The van der Waals surface area contributed by atoms with Gasteiger partial charge in [-0.25, -0.2) is 0 Å². The Morgan fingerprint density at radius 1 is 1.00 bits per heavy atom. The minimum Gasteiger partial charge on any atom is -0.0691 e. The average molecular weight is 212 g/mol. The third kappa shape index (κ3) is 3.11. The minimum atomic E-state index is -0.845. The van der Waals surface area contributed by atoms with E-state index in [1.165, 1.54) is 25.7 Å². The van der Waals surface area contributed by atoms with Crippen molar-refractivity contribution < 1.29 is 0 Å². The van der Waals surface area contributed by atoms with Crippen LogP contribution in [0.25, 0.3) is 0 Å². The number of rotatable bonds is 4. The summed E-state index contributed by atoms with van der Waals surface area (Å²) in [7, 11) is -0.845. The van der Waals surface area contributed by atoms with E-state index in [4.69, 9.17) is 0 Å². The van der Waals surface area contributed by atoms with Crippen molar-refractivity contribution in [2.75, 3.05) is 0 Å². The third-order valence-electron chi connectivity index (χ3n) is 4.42. The van der Waals surface area contributed by atoms with Crippen LogP contribution in [-0.2, 0) is 0 Å². The van der Waals surface area contributed by atoms with Gasteiger partial charge in [0.05, 0.1) is 8.07 Å². The Morgan fingerprint density at radius 2 is 1.57 bits per heavy atom. The van der Waals surface area contributed by atoms with Crippen LogP contribution in [0.15, 0.2) is 0 Å². The van der Waals surface area contributed by atoms with E-state index in [1.807, 2.05) is 0 Å². The highest BCUT2D eigenvalue weighted by molar-refractivity contribution is 6.78. The van der Waals surface area contributed by atoms with Crippen LogP contribution < -0.4 is 0 Å². The van der Waals surface area contributed by atoms with Gasteiger partial charge in [-0.3, -0.25) is 0 Å². The zero-order valence-corrected chi connectivity index (χ0v) is 11.6. The largest absolute Gasteiger partial charge is 0.0691 e. The summed E-state index contributed by atoms with van der Waals surface area (Å²) >= 11 is 0. The molecule has 0 spiro atoms. The van der Waals surface area contributed by atoms with Crippen LogP contribution in [-0.4, -0.2) is 8.07 Å². The first-order valence-corrected chi connectivity index (χ1v) is 9.88. The molecule has 0 atom stereocenters. The van der Waals surface area contributed by atoms with Crippen molar-refractivity contribution in [1.29, 1.82) is 0 Å². The minimum absolute atomic E-state index is 0.845. The fourth-order valence-electron chi connectivity index (χ4n) is 3.20. The highest BCUT2D eigenvalue weighted by Gasteiger charge is 2.33. The Kier molecular flexibility index (Phi) is 4.69. The van der Waals surface area contributed by atoms with Gasteiger partial charge in [-0.2, -0.15) is 0 Å². The van der Waals surface area contributed by atoms with E-state index in [2.05, 4.69) is 26.9 Å². The molecule has 14 heavy (non-hydrogen) atoms. The summed E-state index contributed by atoms with van der Waals surface area (Å²) in [6, 6.07) is 1.55. The maximum atomic E-state index is 2.62. The lowest BCUT2D eigenvalue weighted by Gasteiger charge is -2.37. The second-order valence-electron chi connectivity index (χ2n) is 5.86. The average Bonchev–Trinajstić information content (AvgIpc) is 2.18. The zero-order chi connectivity index (χ0) is 10.6. The molecule has 1 fully saturated rings. The predicted molar refractivity (Wildman–Crippen MR) is 68.6 cm³/mol. The van der Waals surface area contributed by atoms with Crippen LogP contribution in [0.2, 0.25) is 24.7 Å². The molecule has 0 radical (unpaired) electrons. The molecule has 1 rings (SSSR count). The molecule has 0 heterocycles. The molecule has 1 heteroatoms. The Morgan fingerprint density at radius 3 is 2.00 bits per heavy atom. The molecule has 0 nitrogen and oxygen atoms in total. The van der Waals surface area contributed by atoms with Gasteiger partial charge in [0.2, 0.25) is 0 Å². The first kappa shape index (κ1) is 12.3. The van der Waals surface area contributed by atoms with Crippen molar-refractivity contribution in [3.63, 3.8) is 0 Å². The Labute approximate surface area is 91.5 Å². The van der Waals surface area contributed by atoms with Crippen molar-refractivity contribution >= 4 is 8.07 Å². The lowest BCUT2D eigenvalue weighted by molar-refractivity contribution is 0.344. The molecular weight excluding hydrogens is 184 g/mol. The molecule has 1 aliphatic rings. The summed E-state index contributed by atoms with van der Waals surface area (Å²) in [5.41, 5.74) is 1.14. The molecule has 0 saturated heterocycles. The van der Waals surface area contributed by atoms with Crippen molar-refractivity contribution in [3.05, 3.63) is 0 Å². The summed E-state index contributed by atoms with van der Waals surface area (Å²) in [5, 5.41) is 0. The van der Waals surface area contributed by atoms with E-state index in [1.54, 1.807) is 18.9 Å². The van der Waals surface area contributed by atoms with Crippen LogP contribution in [0.5, 0.6) is 0 Å². The van der Waals surface area contributed by atoms with Gasteiger partial charge in [-0.05, 0) is 11.5 Å². The van der Waals surface area contributed by atoms with Gasteiger partial charge >= 0.3 is 0 Å². The van der Waals surface area contributed by atoms with Gasteiger partial charge in [-0.1, -0.05) is 71.5 Å². The smallest absolute Gasteiger partial charge is 0.0504 e. The second kappa shape index (κ2) is 5.34. The SMILES string of the molecule is CCC[Si](C)(C)C1CCC(CC)CC1. The Hall–Kier alpha value is 0.217. The van der Waals surface area contributed by atoms with Crippen molar-refractivity contribution in [3.8, 4) is 0 Å². The van der Waals surface area contributed by atoms with Crippen LogP contribution >= 0.6 is 0 Å². The molecule has 0 unspecified atom stereocenters. The molecule has 84 valence electrons. The van der Waals surface area contributed by atoms with Gasteiger partial charge in [-0.15, -0.1) is 0 Å². The van der Waals surface area contributed by atoms with Gasteiger partial charge in [0.15, 0.2) is 0 Å². The van der Waals surface area contributed by atoms with Gasteiger partial charge in [0, 0.05) is 0 Å². The molecule has 0 aromatic heterocycles. The second-order valence-corrected chi connectivity index (χ2v) is 11.2. The van der Waals surface area contributed by atoms with Crippen molar-refractivity contribution in [2.45, 2.75) is 77.1 Å². The summed E-state index contributed by atoms with van der Waals surface area (Å²) in [5.74, 6) is 1.07. The van der Waals surface area contributed by atoms with Crippen LogP contribution in [0.1, 0.15) is 52.4 Å². The van der Waals surface area contributed by atoms with Crippen LogP contribution in [0, 0.1) is 5.92 Å². The predicted octanol–water partition coefficient (Wildman–Crippen LogP) is 5.08. The molecule has 0 aromatic rings. The molecular formula is C13H28Si. The van der Waals surface area contributed by atoms with Crippen LogP contribution in [0.3, 0.4) is 0 Å². The van der Waals surface area contributed by atoms with Gasteiger partial charge in [0.25, 0.3) is 0 Å². The normalized spacial score (nSPS) is 29.1. The summed E-state index contributed by atoms with van der Waals surface area (Å²) in [4.78, 5) is 0. The molecule has 1 aliphatic carbocycles. The Balaban J connectivity index is 2.40. The topological polar surface area (TPSA) is 0 Å². The van der Waals surface area contributed by atoms with Gasteiger partial charge in [0.1, 0.15) is 0 Å². The van der Waals surface area contributed by atoms with E-state index in [0.29, 0.717) is 0 Å². The molecule has 0 N–H and O–H groups in total. The van der Waals surface area contributed by atoms with E-state index in [9.17, 15) is 0 Å². The highest BCUT2D eigenvalue weighted by Crippen LogP contribution is 2.42. The van der Waals surface area contributed by atoms with Crippen molar-refractivity contribution in [2.24, 2.45) is 5.92 Å². The van der Waals surface area contributed by atoms with E-state index in [0.717, 1.165) is 11.5 Å². The van der Waals surface area contributed by atoms with E-state index < -0.39 is 8.07 Å². The standard InChI is InChI=1S/C13H28Si/c1-5-11-14(3,4)13-9-7-12(6-2)8-10-13/h12-13H,5-11H2,1-4H3. The summed E-state index contributed by atoms with van der Waals surface area (Å²) in [6.45, 7) is 9.95. The Bertz CT molecular complexity index is 155. The first-order chi connectivity index (χ1) is 6.60. The fourth-order valence-corrected chi connectivity index (χ4v) is 6.79. The zero-order valence-electron chi connectivity index (χ0n) is 10.6. The third-order valence-corrected chi connectivity index (χ3v) is 9.00. The lowest BCUT2D eigenvalue weighted by Crippen LogP contribution is -2.34. The molecule has 0 aromatic carbocycles. The lowest BCUT2D eigenvalue weighted by atomic mass is 9.87. The van der Waals surface area contributed by atoms with E-state index in [-0.39, 0.29) is 0 Å². The summed E-state index contributed by atoms with van der Waals surface area (Å²) < 4.78 is 0. The fraction of sp³-hybridized carbons (Fsp3) is 1.00. The molecule has 0 amide bonds. The van der Waals surface area contributed by atoms with E-state index >= 15 is 0 Å². The summed E-state index contributed by atoms with van der Waals surface area (Å²) in [6.07, 6.45) is 8.99. The molecule has 0 bridgehead atoms. The number of hydrogen-bond donors (Lipinski definition) is 0. The maximum absolute atomic E-state index is 2.62. The van der Waals surface area contributed by atoms with Gasteiger partial charge < -0.3 is 0 Å². The van der Waals surface area contributed by atoms with Crippen molar-refractivity contribution in [1.82, 2.24) is 0 Å². The van der Waals surface area contributed by atoms with Crippen LogP contribution in [0.4, 0.5) is 0 Å². The first-order valence-electron chi connectivity index (χ1n) is 6.60. The highest BCUT2D eigenvalue weighted by atomic mass is 28.3. The monoisotopic (exact) mass is 212 g/mol. The molecule has 0 aliphatic heterocycles. The maximum Gasteiger partial charge on any atom is 0.0504 e.